The van der Waals surface area contributed by atoms with Crippen molar-refractivity contribution in [3.63, 3.8) is 0 Å². The summed E-state index contributed by atoms with van der Waals surface area (Å²) in [6.07, 6.45) is 5.91. The summed E-state index contributed by atoms with van der Waals surface area (Å²) in [6.45, 7) is 18.6. The first kappa shape index (κ1) is 23.9. The van der Waals surface area contributed by atoms with E-state index in [2.05, 4.69) is 42.3 Å². The first-order valence-electron chi connectivity index (χ1n) is 7.88. The second-order valence-electron chi connectivity index (χ2n) is 5.82. The molecule has 0 radical (unpaired) electrons. The van der Waals surface area contributed by atoms with E-state index in [1.807, 2.05) is 20.0 Å². The topological polar surface area (TPSA) is 140 Å². The molecule has 7 nitrogen and oxygen atoms in total. The second kappa shape index (κ2) is 11.5. The standard InChI is InChI=1S/C18H31N7S/c1-7-15(26-22)16(17(19)24-25-21)14(4)12(2)8-9-13(3)18(5,20)10-11-23-6/h7-9,23,25H,1-4,10-11,20-22H2,5-6H3,(H2,19,24)/b9-8-,16-15-. The molecule has 0 saturated heterocycles. The minimum atomic E-state index is -0.539. The average molecular weight is 378 g/mol. The van der Waals surface area contributed by atoms with Gasteiger partial charge < -0.3 is 16.8 Å². The van der Waals surface area contributed by atoms with E-state index < -0.39 is 5.54 Å². The summed E-state index contributed by atoms with van der Waals surface area (Å²) in [7, 11) is 1.88. The SMILES string of the molecule is C=C/C(SN)=C(C(=C)C(=C)/C=C\C(=C)C(C)(N)CCNC)/C(N)=N/NN. The Morgan fingerprint density at radius 1 is 1.27 bits per heavy atom. The van der Waals surface area contributed by atoms with Gasteiger partial charge in [-0.1, -0.05) is 44.5 Å². The highest BCUT2D eigenvalue weighted by Gasteiger charge is 2.20. The Labute approximate surface area is 160 Å². The zero-order valence-corrected chi connectivity index (χ0v) is 16.5. The molecule has 1 atom stereocenters. The third kappa shape index (κ3) is 7.03. The number of hydrazine groups is 1. The summed E-state index contributed by atoms with van der Waals surface area (Å²) in [5.41, 5.74) is 16.3. The maximum absolute atomic E-state index is 6.30. The number of hydrazone groups is 1. The van der Waals surface area contributed by atoms with Crippen LogP contribution in [0.15, 0.2) is 76.8 Å². The lowest BCUT2D eigenvalue weighted by Gasteiger charge is -2.25. The molecule has 0 aliphatic heterocycles. The van der Waals surface area contributed by atoms with E-state index in [0.717, 1.165) is 30.5 Å². The number of rotatable bonds is 12. The molecule has 0 amide bonds. The fourth-order valence-corrected chi connectivity index (χ4v) is 2.40. The number of hydrogen-bond acceptors (Lipinski definition) is 7. The molecule has 1 unspecified atom stereocenters. The third-order valence-corrected chi connectivity index (χ3v) is 4.43. The Balaban J connectivity index is 5.55. The molecule has 0 aromatic rings. The average Bonchev–Trinajstić information content (AvgIpc) is 2.61. The monoisotopic (exact) mass is 377 g/mol. The van der Waals surface area contributed by atoms with Crippen molar-refractivity contribution in [2.75, 3.05) is 13.6 Å². The molecule has 0 fully saturated rings. The van der Waals surface area contributed by atoms with Crippen molar-refractivity contribution in [2.24, 2.45) is 27.6 Å². The molecule has 144 valence electrons. The van der Waals surface area contributed by atoms with Crippen molar-refractivity contribution in [3.8, 4) is 0 Å². The summed E-state index contributed by atoms with van der Waals surface area (Å²) in [5, 5.41) is 12.5. The Morgan fingerprint density at radius 2 is 1.88 bits per heavy atom. The van der Waals surface area contributed by atoms with Gasteiger partial charge in [-0.3, -0.25) is 5.14 Å². The number of nitrogens with zero attached hydrogens (tertiary/aromatic N) is 1. The number of allylic oxidation sites excluding steroid dienone is 3. The maximum atomic E-state index is 6.30. The predicted molar refractivity (Wildman–Crippen MR) is 116 cm³/mol. The molecule has 0 bridgehead atoms. The van der Waals surface area contributed by atoms with Gasteiger partial charge in [0, 0.05) is 16.0 Å². The van der Waals surface area contributed by atoms with Crippen LogP contribution in [0.25, 0.3) is 0 Å². The van der Waals surface area contributed by atoms with Gasteiger partial charge in [0.2, 0.25) is 0 Å². The van der Waals surface area contributed by atoms with Crippen molar-refractivity contribution in [2.45, 2.75) is 18.9 Å². The first-order valence-corrected chi connectivity index (χ1v) is 8.76. The quantitative estimate of drug-likeness (QED) is 0.0752. The van der Waals surface area contributed by atoms with Gasteiger partial charge in [-0.25, -0.2) is 11.4 Å². The predicted octanol–water partition coefficient (Wildman–Crippen LogP) is 1.32. The van der Waals surface area contributed by atoms with E-state index in [9.17, 15) is 0 Å². The fourth-order valence-electron chi connectivity index (χ4n) is 1.96. The Morgan fingerprint density at radius 3 is 2.35 bits per heavy atom. The Hall–Kier alpha value is -2.10. The molecule has 0 saturated carbocycles. The van der Waals surface area contributed by atoms with Crippen LogP contribution < -0.4 is 33.3 Å². The van der Waals surface area contributed by atoms with Crippen LogP contribution in [0.2, 0.25) is 0 Å². The van der Waals surface area contributed by atoms with Crippen LogP contribution in [-0.4, -0.2) is 25.0 Å². The minimum absolute atomic E-state index is 0.122. The molecular formula is C18H31N7S. The van der Waals surface area contributed by atoms with Gasteiger partial charge in [-0.05, 0) is 55.6 Å². The highest BCUT2D eigenvalue weighted by molar-refractivity contribution is 8.01. The molecule has 10 N–H and O–H groups in total. The lowest BCUT2D eigenvalue weighted by molar-refractivity contribution is 0.501. The van der Waals surface area contributed by atoms with Crippen molar-refractivity contribution >= 4 is 17.8 Å². The van der Waals surface area contributed by atoms with Crippen LogP contribution in [0.4, 0.5) is 0 Å². The zero-order chi connectivity index (χ0) is 20.3. The summed E-state index contributed by atoms with van der Waals surface area (Å²) in [5.74, 6) is 5.33. The summed E-state index contributed by atoms with van der Waals surface area (Å²) in [6, 6.07) is 0. The van der Waals surface area contributed by atoms with E-state index in [1.54, 1.807) is 12.2 Å². The first-order chi connectivity index (χ1) is 12.2. The number of nitrogens with one attached hydrogen (secondary N) is 2. The van der Waals surface area contributed by atoms with E-state index in [0.29, 0.717) is 21.6 Å². The van der Waals surface area contributed by atoms with Gasteiger partial charge in [0.25, 0.3) is 0 Å². The molecule has 0 aliphatic rings. The molecule has 0 aromatic carbocycles. The van der Waals surface area contributed by atoms with Crippen LogP contribution >= 0.6 is 11.9 Å². The van der Waals surface area contributed by atoms with E-state index >= 15 is 0 Å². The summed E-state index contributed by atoms with van der Waals surface area (Å²) < 4.78 is 0. The fraction of sp³-hybridized carbons (Fsp3) is 0.278. The molecule has 0 spiro atoms. The van der Waals surface area contributed by atoms with Crippen molar-refractivity contribution in [3.05, 3.63) is 71.7 Å². The van der Waals surface area contributed by atoms with E-state index in [-0.39, 0.29) is 5.84 Å². The van der Waals surface area contributed by atoms with Crippen molar-refractivity contribution < 1.29 is 0 Å². The minimum Gasteiger partial charge on any atom is -0.382 e. The van der Waals surface area contributed by atoms with Gasteiger partial charge in [-0.2, -0.15) is 0 Å². The lowest BCUT2D eigenvalue weighted by atomic mass is 9.89. The largest absolute Gasteiger partial charge is 0.382 e. The number of amidine groups is 1. The van der Waals surface area contributed by atoms with Gasteiger partial charge in [-0.15, -0.1) is 5.10 Å². The lowest BCUT2D eigenvalue weighted by Crippen LogP contribution is -2.39. The highest BCUT2D eigenvalue weighted by atomic mass is 32.2. The van der Waals surface area contributed by atoms with Gasteiger partial charge in [0.1, 0.15) is 0 Å². The normalized spacial score (nSPS) is 15.2. The molecule has 8 heteroatoms. The Bertz CT molecular complexity index is 642. The molecule has 26 heavy (non-hydrogen) atoms. The molecule has 0 heterocycles. The smallest absolute Gasteiger partial charge is 0.153 e. The molecule has 0 aliphatic carbocycles. The van der Waals surface area contributed by atoms with E-state index in [4.69, 9.17) is 22.4 Å². The van der Waals surface area contributed by atoms with Crippen LogP contribution in [-0.2, 0) is 0 Å². The summed E-state index contributed by atoms with van der Waals surface area (Å²) in [4.78, 5) is 0.595. The van der Waals surface area contributed by atoms with Crippen LogP contribution in [0, 0.1) is 0 Å². The molecular weight excluding hydrogens is 346 g/mol. The third-order valence-electron chi connectivity index (χ3n) is 3.80. The van der Waals surface area contributed by atoms with Crippen LogP contribution in [0.5, 0.6) is 0 Å². The number of hydrogen-bond donors (Lipinski definition) is 6. The van der Waals surface area contributed by atoms with Crippen molar-refractivity contribution in [1.82, 2.24) is 10.9 Å². The van der Waals surface area contributed by atoms with Gasteiger partial charge in [0.05, 0.1) is 0 Å². The molecule has 0 rings (SSSR count). The van der Waals surface area contributed by atoms with E-state index in [1.165, 1.54) is 0 Å². The van der Waals surface area contributed by atoms with Gasteiger partial charge in [0.15, 0.2) is 5.84 Å². The Kier molecular flexibility index (Phi) is 10.6. The second-order valence-corrected chi connectivity index (χ2v) is 6.50. The van der Waals surface area contributed by atoms with Crippen LogP contribution in [0.1, 0.15) is 13.3 Å². The maximum Gasteiger partial charge on any atom is 0.153 e. The molecule has 0 aromatic heterocycles. The summed E-state index contributed by atoms with van der Waals surface area (Å²) >= 11 is 0.977. The van der Waals surface area contributed by atoms with Crippen molar-refractivity contribution in [1.29, 1.82) is 0 Å². The highest BCUT2D eigenvalue weighted by Crippen LogP contribution is 2.27. The number of nitrogens with two attached hydrogens (primary N) is 4. The van der Waals surface area contributed by atoms with Gasteiger partial charge >= 0.3 is 0 Å². The van der Waals surface area contributed by atoms with Crippen LogP contribution in [0.3, 0.4) is 0 Å². The zero-order valence-electron chi connectivity index (χ0n) is 15.6.